The second kappa shape index (κ2) is 13.6. The molecule has 44 heavy (non-hydrogen) atoms. The molecule has 0 heterocycles. The number of nitrogens with zero attached hydrogens (tertiary/aromatic N) is 2. The lowest BCUT2D eigenvalue weighted by molar-refractivity contribution is -0.141. The summed E-state index contributed by atoms with van der Waals surface area (Å²) in [5, 5.41) is 8.14. The van der Waals surface area contributed by atoms with Gasteiger partial charge in [0.25, 0.3) is 0 Å². The largest absolute Gasteiger partial charge is 0.425 e. The summed E-state index contributed by atoms with van der Waals surface area (Å²) in [5.41, 5.74) is -2.36. The van der Waals surface area contributed by atoms with Gasteiger partial charge in [-0.15, -0.1) is 0 Å². The second-order valence-corrected chi connectivity index (χ2v) is 10.6. The summed E-state index contributed by atoms with van der Waals surface area (Å²) in [7, 11) is 0. The summed E-state index contributed by atoms with van der Waals surface area (Å²) < 4.78 is 21.4. The molecule has 0 aromatic heterocycles. The van der Waals surface area contributed by atoms with Crippen LogP contribution >= 0.6 is 0 Å². The van der Waals surface area contributed by atoms with Gasteiger partial charge in [0, 0.05) is 0 Å². The van der Waals surface area contributed by atoms with E-state index in [1.54, 1.807) is 48.5 Å². The zero-order chi connectivity index (χ0) is 31.7. The van der Waals surface area contributed by atoms with E-state index in [4.69, 9.17) is 18.9 Å². The van der Waals surface area contributed by atoms with E-state index in [-0.39, 0.29) is 22.6 Å². The molecule has 0 saturated carbocycles. The summed E-state index contributed by atoms with van der Waals surface area (Å²) in [6, 6.07) is 29.0. The van der Waals surface area contributed by atoms with Gasteiger partial charge < -0.3 is 18.9 Å². The first-order valence-electron chi connectivity index (χ1n) is 13.6. The Hall–Kier alpha value is -5.64. The Balaban J connectivity index is 1.31. The zero-order valence-corrected chi connectivity index (χ0v) is 24.6. The molecule has 0 aliphatic rings. The molecule has 224 valence electrons. The molecule has 0 bridgehead atoms. The monoisotopic (exact) mass is 594 g/mol. The van der Waals surface area contributed by atoms with Gasteiger partial charge in [-0.1, -0.05) is 36.4 Å². The minimum atomic E-state index is -1.46. The summed E-state index contributed by atoms with van der Waals surface area (Å²) >= 11 is 0. The highest BCUT2D eigenvalue weighted by Crippen LogP contribution is 2.23. The van der Waals surface area contributed by atoms with Crippen LogP contribution in [0, 0.1) is 0 Å². The van der Waals surface area contributed by atoms with Crippen molar-refractivity contribution in [2.75, 3.05) is 0 Å². The number of ether oxygens (including phenoxy) is 4. The SMILES string of the molecule is CC(C)(N=NC(C)(C)C(=O)Oc1ccc(C(=O)Oc2ccccc2)cc1)C(=O)Oc1ccc(C(=O)Oc2ccccc2)cc1. The number of azo groups is 1. The maximum Gasteiger partial charge on any atom is 0.343 e. The third kappa shape index (κ3) is 8.45. The molecule has 0 unspecified atom stereocenters. The van der Waals surface area contributed by atoms with Crippen molar-refractivity contribution in [3.05, 3.63) is 120 Å². The summed E-state index contributed by atoms with van der Waals surface area (Å²) in [6.45, 7) is 5.94. The van der Waals surface area contributed by atoms with Crippen molar-refractivity contribution >= 4 is 23.9 Å². The maximum atomic E-state index is 12.9. The highest BCUT2D eigenvalue weighted by atomic mass is 16.5. The molecule has 4 rings (SSSR count). The van der Waals surface area contributed by atoms with E-state index >= 15 is 0 Å². The van der Waals surface area contributed by atoms with Crippen molar-refractivity contribution in [3.63, 3.8) is 0 Å². The molecule has 0 aliphatic carbocycles. The van der Waals surface area contributed by atoms with Crippen molar-refractivity contribution in [2.45, 2.75) is 38.8 Å². The van der Waals surface area contributed by atoms with Crippen LogP contribution in [0.2, 0.25) is 0 Å². The minimum Gasteiger partial charge on any atom is -0.425 e. The molecule has 0 radical (unpaired) electrons. The van der Waals surface area contributed by atoms with Crippen LogP contribution in [0.3, 0.4) is 0 Å². The lowest BCUT2D eigenvalue weighted by Gasteiger charge is -2.21. The van der Waals surface area contributed by atoms with Gasteiger partial charge in [0.2, 0.25) is 0 Å². The van der Waals surface area contributed by atoms with Gasteiger partial charge in [-0.05, 0) is 100 Å². The van der Waals surface area contributed by atoms with E-state index in [1.807, 2.05) is 12.1 Å². The van der Waals surface area contributed by atoms with Crippen LogP contribution in [0.15, 0.2) is 119 Å². The minimum absolute atomic E-state index is 0.185. The highest BCUT2D eigenvalue weighted by molar-refractivity contribution is 5.92. The van der Waals surface area contributed by atoms with Gasteiger partial charge in [-0.2, -0.15) is 10.2 Å². The number of esters is 4. The van der Waals surface area contributed by atoms with Crippen LogP contribution in [-0.2, 0) is 9.59 Å². The van der Waals surface area contributed by atoms with Crippen LogP contribution in [0.1, 0.15) is 48.4 Å². The highest BCUT2D eigenvalue weighted by Gasteiger charge is 2.35. The van der Waals surface area contributed by atoms with E-state index < -0.39 is 35.0 Å². The molecular weight excluding hydrogens is 564 g/mol. The van der Waals surface area contributed by atoms with Crippen molar-refractivity contribution in [1.29, 1.82) is 0 Å². The van der Waals surface area contributed by atoms with Crippen LogP contribution < -0.4 is 18.9 Å². The fourth-order valence-corrected chi connectivity index (χ4v) is 3.42. The molecule has 10 heteroatoms. The van der Waals surface area contributed by atoms with Crippen molar-refractivity contribution < 1.29 is 38.1 Å². The van der Waals surface area contributed by atoms with Gasteiger partial charge in [0.05, 0.1) is 11.1 Å². The van der Waals surface area contributed by atoms with Gasteiger partial charge in [-0.25, -0.2) is 19.2 Å². The average molecular weight is 595 g/mol. The number of hydrogen-bond donors (Lipinski definition) is 0. The van der Waals surface area contributed by atoms with E-state index in [2.05, 4.69) is 10.2 Å². The first kappa shape index (κ1) is 31.3. The summed E-state index contributed by atoms with van der Waals surface area (Å²) in [6.07, 6.45) is 0. The molecule has 0 spiro atoms. The molecule has 4 aromatic rings. The fraction of sp³-hybridized carbons (Fsp3) is 0.176. The third-order valence-corrected chi connectivity index (χ3v) is 6.06. The number of rotatable bonds is 10. The molecular formula is C34H30N2O8. The van der Waals surface area contributed by atoms with E-state index in [9.17, 15) is 19.2 Å². The van der Waals surface area contributed by atoms with Crippen LogP contribution in [0.5, 0.6) is 23.0 Å². The predicted octanol–water partition coefficient (Wildman–Crippen LogP) is 6.65. The number of carbonyl (C=O) groups excluding carboxylic acids is 4. The van der Waals surface area contributed by atoms with Crippen LogP contribution in [0.25, 0.3) is 0 Å². The molecule has 0 N–H and O–H groups in total. The molecule has 0 fully saturated rings. The van der Waals surface area contributed by atoms with Gasteiger partial charge in [0.1, 0.15) is 23.0 Å². The Labute approximate surface area is 254 Å². The Morgan fingerprint density at radius 2 is 0.727 bits per heavy atom. The van der Waals surface area contributed by atoms with E-state index in [0.29, 0.717) is 11.5 Å². The number of para-hydroxylation sites is 2. The first-order chi connectivity index (χ1) is 20.9. The Kier molecular flexibility index (Phi) is 9.64. The maximum absolute atomic E-state index is 12.9. The molecule has 0 saturated heterocycles. The smallest absolute Gasteiger partial charge is 0.343 e. The first-order valence-corrected chi connectivity index (χ1v) is 13.6. The van der Waals surface area contributed by atoms with Crippen molar-refractivity contribution in [1.82, 2.24) is 0 Å². The zero-order valence-electron chi connectivity index (χ0n) is 24.6. The number of carbonyl (C=O) groups is 4. The van der Waals surface area contributed by atoms with E-state index in [1.165, 1.54) is 76.2 Å². The molecule has 0 aliphatic heterocycles. The van der Waals surface area contributed by atoms with Crippen LogP contribution in [-0.4, -0.2) is 35.0 Å². The predicted molar refractivity (Wildman–Crippen MR) is 160 cm³/mol. The number of benzene rings is 4. The van der Waals surface area contributed by atoms with Crippen molar-refractivity contribution in [2.24, 2.45) is 10.2 Å². The summed E-state index contributed by atoms with van der Waals surface area (Å²) in [5.74, 6) is -1.39. The average Bonchev–Trinajstić information content (AvgIpc) is 3.02. The molecule has 4 aromatic carbocycles. The Bertz CT molecular complexity index is 1520. The lowest BCUT2D eigenvalue weighted by Crippen LogP contribution is -2.37. The Morgan fingerprint density at radius 1 is 0.432 bits per heavy atom. The van der Waals surface area contributed by atoms with Crippen molar-refractivity contribution in [3.8, 4) is 23.0 Å². The van der Waals surface area contributed by atoms with Gasteiger partial charge in [-0.3, -0.25) is 0 Å². The second-order valence-electron chi connectivity index (χ2n) is 10.6. The lowest BCUT2D eigenvalue weighted by atomic mass is 10.1. The quantitative estimate of drug-likeness (QED) is 0.113. The normalized spacial score (nSPS) is 11.5. The molecule has 0 amide bonds. The fourth-order valence-electron chi connectivity index (χ4n) is 3.42. The number of hydrogen-bond acceptors (Lipinski definition) is 10. The summed E-state index contributed by atoms with van der Waals surface area (Å²) in [4.78, 5) is 50.4. The third-order valence-electron chi connectivity index (χ3n) is 6.06. The molecule has 10 nitrogen and oxygen atoms in total. The van der Waals surface area contributed by atoms with Gasteiger partial charge >= 0.3 is 23.9 Å². The van der Waals surface area contributed by atoms with Crippen LogP contribution in [0.4, 0.5) is 0 Å². The van der Waals surface area contributed by atoms with E-state index in [0.717, 1.165) is 0 Å². The van der Waals surface area contributed by atoms with Gasteiger partial charge in [0.15, 0.2) is 11.1 Å². The molecule has 0 atom stereocenters. The standard InChI is InChI=1S/C34H30N2O8/c1-33(2,31(39)43-27-19-15-23(16-20-27)29(37)41-25-11-7-5-8-12-25)35-36-34(3,4)32(40)44-28-21-17-24(18-22-28)30(38)42-26-13-9-6-10-14-26/h5-22H,1-4H3. The Morgan fingerprint density at radius 3 is 1.05 bits per heavy atom. The topological polar surface area (TPSA) is 130 Å².